The predicted octanol–water partition coefficient (Wildman–Crippen LogP) is 5.16. The lowest BCUT2D eigenvalue weighted by Crippen LogP contribution is -2.21. The van der Waals surface area contributed by atoms with Crippen molar-refractivity contribution in [3.8, 4) is 0 Å². The van der Waals surface area contributed by atoms with Crippen molar-refractivity contribution in [1.82, 2.24) is 0 Å². The summed E-state index contributed by atoms with van der Waals surface area (Å²) in [6.45, 7) is 1.85. The summed E-state index contributed by atoms with van der Waals surface area (Å²) in [7, 11) is 0. The van der Waals surface area contributed by atoms with E-state index < -0.39 is 11.5 Å². The Kier molecular flexibility index (Phi) is 3.98. The number of carbonyl (C=O) groups is 1. The van der Waals surface area contributed by atoms with Crippen molar-refractivity contribution in [2.24, 2.45) is 0 Å². The van der Waals surface area contributed by atoms with Gasteiger partial charge in [-0.1, -0.05) is 48.0 Å². The van der Waals surface area contributed by atoms with Gasteiger partial charge in [0.25, 0.3) is 5.91 Å². The third-order valence-corrected chi connectivity index (χ3v) is 4.57. The van der Waals surface area contributed by atoms with Crippen molar-refractivity contribution in [3.63, 3.8) is 0 Å². The first kappa shape index (κ1) is 16.4. The van der Waals surface area contributed by atoms with Gasteiger partial charge < -0.3 is 9.73 Å². The number of hydrogen-bond donors (Lipinski definition) is 1. The average Bonchev–Trinajstić information content (AvgIpc) is 2.64. The number of amides is 1. The number of benzene rings is 3. The van der Waals surface area contributed by atoms with Crippen LogP contribution in [-0.4, -0.2) is 5.91 Å². The number of halogens is 1. The van der Waals surface area contributed by atoms with E-state index in [9.17, 15) is 9.59 Å². The Morgan fingerprint density at radius 1 is 1.00 bits per heavy atom. The maximum atomic E-state index is 12.7. The SMILES string of the molecule is Cc1ccc(Cl)cc1NC(=O)c1cc2c(ccc3ccccc32)oc1=O. The van der Waals surface area contributed by atoms with Gasteiger partial charge in [0.2, 0.25) is 0 Å². The third-order valence-electron chi connectivity index (χ3n) is 4.33. The molecule has 4 aromatic rings. The number of nitrogens with one attached hydrogen (secondary N) is 1. The van der Waals surface area contributed by atoms with Gasteiger partial charge in [-0.2, -0.15) is 0 Å². The van der Waals surface area contributed by atoms with Gasteiger partial charge in [0.1, 0.15) is 11.1 Å². The lowest BCUT2D eigenvalue weighted by molar-refractivity contribution is 0.102. The fraction of sp³-hybridized carbons (Fsp3) is 0.0476. The Hall–Kier alpha value is -3.11. The van der Waals surface area contributed by atoms with E-state index in [2.05, 4.69) is 5.32 Å². The van der Waals surface area contributed by atoms with Gasteiger partial charge in [0, 0.05) is 16.1 Å². The molecule has 0 aliphatic heterocycles. The van der Waals surface area contributed by atoms with Crippen LogP contribution < -0.4 is 10.9 Å². The Balaban J connectivity index is 1.84. The van der Waals surface area contributed by atoms with E-state index in [-0.39, 0.29) is 5.56 Å². The Morgan fingerprint density at radius 2 is 1.81 bits per heavy atom. The summed E-state index contributed by atoms with van der Waals surface area (Å²) in [5, 5.41) is 5.88. The Morgan fingerprint density at radius 3 is 2.65 bits per heavy atom. The summed E-state index contributed by atoms with van der Waals surface area (Å²) < 4.78 is 5.37. The molecule has 26 heavy (non-hydrogen) atoms. The Bertz CT molecular complexity index is 1230. The highest BCUT2D eigenvalue weighted by Crippen LogP contribution is 2.26. The van der Waals surface area contributed by atoms with Gasteiger partial charge >= 0.3 is 5.63 Å². The lowest BCUT2D eigenvalue weighted by atomic mass is 10.0. The maximum absolute atomic E-state index is 12.7. The fourth-order valence-corrected chi connectivity index (χ4v) is 3.12. The second kappa shape index (κ2) is 6.32. The number of hydrogen-bond acceptors (Lipinski definition) is 3. The van der Waals surface area contributed by atoms with Crippen LogP contribution in [0.3, 0.4) is 0 Å². The van der Waals surface area contributed by atoms with E-state index >= 15 is 0 Å². The summed E-state index contributed by atoms with van der Waals surface area (Å²) in [6, 6.07) is 18.1. The van der Waals surface area contributed by atoms with Gasteiger partial charge in [0.05, 0.1) is 0 Å². The van der Waals surface area contributed by atoms with Crippen LogP contribution in [0.15, 0.2) is 69.9 Å². The van der Waals surface area contributed by atoms with E-state index in [4.69, 9.17) is 16.0 Å². The van der Waals surface area contributed by atoms with Crippen LogP contribution >= 0.6 is 11.6 Å². The molecule has 0 saturated heterocycles. The quantitative estimate of drug-likeness (QED) is 0.395. The van der Waals surface area contributed by atoms with Crippen molar-refractivity contribution >= 4 is 44.9 Å². The van der Waals surface area contributed by atoms with Crippen molar-refractivity contribution in [2.75, 3.05) is 5.32 Å². The molecule has 4 rings (SSSR count). The molecule has 0 radical (unpaired) electrons. The van der Waals surface area contributed by atoms with Crippen LogP contribution in [0.25, 0.3) is 21.7 Å². The summed E-state index contributed by atoms with van der Waals surface area (Å²) in [4.78, 5) is 25.0. The molecule has 0 saturated carbocycles. The lowest BCUT2D eigenvalue weighted by Gasteiger charge is -2.09. The van der Waals surface area contributed by atoms with Crippen molar-refractivity contribution in [2.45, 2.75) is 6.92 Å². The maximum Gasteiger partial charge on any atom is 0.349 e. The zero-order valence-corrected chi connectivity index (χ0v) is 14.6. The molecular formula is C21H14ClNO3. The van der Waals surface area contributed by atoms with Gasteiger partial charge in [-0.25, -0.2) is 4.79 Å². The molecule has 1 heterocycles. The third kappa shape index (κ3) is 2.85. The average molecular weight is 364 g/mol. The van der Waals surface area contributed by atoms with Crippen LogP contribution in [0.4, 0.5) is 5.69 Å². The summed E-state index contributed by atoms with van der Waals surface area (Å²) >= 11 is 5.99. The topological polar surface area (TPSA) is 59.3 Å². The van der Waals surface area contributed by atoms with Gasteiger partial charge in [-0.15, -0.1) is 0 Å². The summed E-state index contributed by atoms with van der Waals surface area (Å²) in [6.07, 6.45) is 0. The van der Waals surface area contributed by atoms with Crippen LogP contribution in [-0.2, 0) is 0 Å². The van der Waals surface area contributed by atoms with Crippen molar-refractivity contribution in [1.29, 1.82) is 0 Å². The summed E-state index contributed by atoms with van der Waals surface area (Å²) in [5.74, 6) is -0.529. The zero-order chi connectivity index (χ0) is 18.3. The van der Waals surface area contributed by atoms with E-state index in [0.717, 1.165) is 21.7 Å². The number of fused-ring (bicyclic) bond motifs is 3. The van der Waals surface area contributed by atoms with E-state index in [0.29, 0.717) is 16.3 Å². The van der Waals surface area contributed by atoms with Crippen LogP contribution in [0.1, 0.15) is 15.9 Å². The monoisotopic (exact) mass is 363 g/mol. The molecule has 0 aliphatic carbocycles. The highest BCUT2D eigenvalue weighted by Gasteiger charge is 2.16. The fourth-order valence-electron chi connectivity index (χ4n) is 2.95. The van der Waals surface area contributed by atoms with Crippen LogP contribution in [0.2, 0.25) is 5.02 Å². The first-order chi connectivity index (χ1) is 12.5. The largest absolute Gasteiger partial charge is 0.422 e. The summed E-state index contributed by atoms with van der Waals surface area (Å²) in [5.41, 5.74) is 1.13. The minimum atomic E-state index is -0.676. The second-order valence-electron chi connectivity index (χ2n) is 6.06. The van der Waals surface area contributed by atoms with Crippen molar-refractivity contribution < 1.29 is 9.21 Å². The molecule has 0 unspecified atom stereocenters. The molecule has 0 fully saturated rings. The van der Waals surface area contributed by atoms with Gasteiger partial charge in [-0.05, 0) is 47.5 Å². The van der Waals surface area contributed by atoms with Gasteiger partial charge in [-0.3, -0.25) is 4.79 Å². The highest BCUT2D eigenvalue weighted by atomic mass is 35.5. The standard InChI is InChI=1S/C21H14ClNO3/c1-12-6-8-14(22)10-18(12)23-20(24)17-11-16-15-5-3-2-4-13(15)7-9-19(16)26-21(17)25/h2-11H,1H3,(H,23,24). The molecule has 0 aliphatic rings. The first-order valence-corrected chi connectivity index (χ1v) is 8.44. The number of rotatable bonds is 2. The predicted molar refractivity (Wildman–Crippen MR) is 104 cm³/mol. The Labute approximate surface area is 154 Å². The van der Waals surface area contributed by atoms with E-state index in [1.54, 1.807) is 30.3 Å². The molecular weight excluding hydrogens is 350 g/mol. The molecule has 1 N–H and O–H groups in total. The molecule has 0 atom stereocenters. The molecule has 0 bridgehead atoms. The molecule has 1 amide bonds. The van der Waals surface area contributed by atoms with Crippen LogP contribution in [0, 0.1) is 6.92 Å². The molecule has 5 heteroatoms. The molecule has 0 spiro atoms. The molecule has 3 aromatic carbocycles. The zero-order valence-electron chi connectivity index (χ0n) is 13.9. The smallest absolute Gasteiger partial charge is 0.349 e. The number of carbonyl (C=O) groups excluding carboxylic acids is 1. The highest BCUT2D eigenvalue weighted by molar-refractivity contribution is 6.31. The van der Waals surface area contributed by atoms with E-state index in [1.807, 2.05) is 37.3 Å². The molecule has 128 valence electrons. The molecule has 4 nitrogen and oxygen atoms in total. The van der Waals surface area contributed by atoms with Gasteiger partial charge in [0.15, 0.2) is 0 Å². The number of aryl methyl sites for hydroxylation is 1. The van der Waals surface area contributed by atoms with Crippen LogP contribution in [0.5, 0.6) is 0 Å². The normalized spacial score (nSPS) is 11.0. The first-order valence-electron chi connectivity index (χ1n) is 8.06. The van der Waals surface area contributed by atoms with E-state index in [1.165, 1.54) is 0 Å². The minimum absolute atomic E-state index is 0.0479. The molecule has 1 aromatic heterocycles. The number of anilines is 1. The minimum Gasteiger partial charge on any atom is -0.422 e. The van der Waals surface area contributed by atoms with Crippen molar-refractivity contribution in [3.05, 3.63) is 87.2 Å². The second-order valence-corrected chi connectivity index (χ2v) is 6.50.